The molecule has 4 aromatic carbocycles. The molecule has 0 radical (unpaired) electrons. The van der Waals surface area contributed by atoms with Crippen molar-refractivity contribution in [3.05, 3.63) is 113 Å². The van der Waals surface area contributed by atoms with E-state index in [9.17, 15) is 19.5 Å². The molecule has 1 unspecified atom stereocenters. The van der Waals surface area contributed by atoms with Crippen molar-refractivity contribution in [3.63, 3.8) is 0 Å². The lowest BCUT2D eigenvalue weighted by molar-refractivity contribution is -0.132. The van der Waals surface area contributed by atoms with E-state index in [1.807, 2.05) is 60.7 Å². The van der Waals surface area contributed by atoms with E-state index >= 15 is 0 Å². The Morgan fingerprint density at radius 2 is 1.54 bits per heavy atom. The molecule has 5 rings (SSSR count). The van der Waals surface area contributed by atoms with Crippen LogP contribution in [0.2, 0.25) is 0 Å². The number of carbonyl (C=O) groups is 3. The van der Waals surface area contributed by atoms with Crippen LogP contribution < -0.4 is 10.2 Å². The molecule has 6 heteroatoms. The van der Waals surface area contributed by atoms with Crippen LogP contribution >= 0.6 is 0 Å². The molecule has 0 saturated carbocycles. The smallest absolute Gasteiger partial charge is 0.300 e. The molecular weight excluding hydrogens is 488 g/mol. The lowest BCUT2D eigenvalue weighted by Crippen LogP contribution is -2.29. The summed E-state index contributed by atoms with van der Waals surface area (Å²) < 4.78 is 0. The molecule has 1 atom stereocenters. The van der Waals surface area contributed by atoms with Gasteiger partial charge in [-0.25, -0.2) is 0 Å². The first-order valence-corrected chi connectivity index (χ1v) is 12.8. The monoisotopic (exact) mass is 518 g/mol. The lowest BCUT2D eigenvalue weighted by atomic mass is 9.85. The maximum atomic E-state index is 13.6. The summed E-state index contributed by atoms with van der Waals surface area (Å²) >= 11 is 0. The van der Waals surface area contributed by atoms with E-state index in [-0.39, 0.29) is 22.7 Å². The number of carbonyl (C=O) groups excluding carboxylic acids is 3. The van der Waals surface area contributed by atoms with Crippen molar-refractivity contribution in [1.82, 2.24) is 0 Å². The molecule has 196 valence electrons. The molecule has 1 fully saturated rings. The molecule has 1 aliphatic rings. The fourth-order valence-corrected chi connectivity index (χ4v) is 5.01. The minimum absolute atomic E-state index is 0.0173. The first kappa shape index (κ1) is 25.9. The van der Waals surface area contributed by atoms with Crippen molar-refractivity contribution >= 4 is 45.5 Å². The van der Waals surface area contributed by atoms with Crippen molar-refractivity contribution in [2.24, 2.45) is 0 Å². The number of rotatable bonds is 4. The summed E-state index contributed by atoms with van der Waals surface area (Å²) in [5, 5.41) is 16.2. The van der Waals surface area contributed by atoms with E-state index in [1.54, 1.807) is 30.3 Å². The molecule has 2 amide bonds. The van der Waals surface area contributed by atoms with E-state index in [0.717, 1.165) is 16.3 Å². The van der Waals surface area contributed by atoms with Gasteiger partial charge < -0.3 is 10.4 Å². The Bertz CT molecular complexity index is 1640. The van der Waals surface area contributed by atoms with E-state index < -0.39 is 17.7 Å². The zero-order valence-corrected chi connectivity index (χ0v) is 22.4. The Hall–Kier alpha value is -4.71. The number of benzene rings is 4. The van der Waals surface area contributed by atoms with E-state index in [4.69, 9.17) is 0 Å². The second kappa shape index (κ2) is 9.87. The Balaban J connectivity index is 1.70. The molecule has 39 heavy (non-hydrogen) atoms. The van der Waals surface area contributed by atoms with Gasteiger partial charge in [-0.05, 0) is 51.6 Å². The third-order valence-corrected chi connectivity index (χ3v) is 7.00. The quantitative estimate of drug-likeness (QED) is 0.178. The van der Waals surface area contributed by atoms with Crippen molar-refractivity contribution in [3.8, 4) is 0 Å². The molecule has 0 bridgehead atoms. The molecule has 1 saturated heterocycles. The molecule has 0 aliphatic carbocycles. The van der Waals surface area contributed by atoms with Crippen LogP contribution in [0.1, 0.15) is 50.4 Å². The van der Waals surface area contributed by atoms with Crippen LogP contribution in [0.25, 0.3) is 16.5 Å². The minimum atomic E-state index is -0.863. The summed E-state index contributed by atoms with van der Waals surface area (Å²) in [7, 11) is 0. The molecule has 1 aliphatic heterocycles. The van der Waals surface area contributed by atoms with Crippen LogP contribution in [0.15, 0.2) is 96.6 Å². The second-order valence-electron chi connectivity index (χ2n) is 10.8. The van der Waals surface area contributed by atoms with Gasteiger partial charge >= 0.3 is 0 Å². The number of hydrogen-bond donors (Lipinski definition) is 2. The van der Waals surface area contributed by atoms with Crippen molar-refractivity contribution in [2.45, 2.75) is 39.2 Å². The first-order valence-electron chi connectivity index (χ1n) is 12.8. The van der Waals surface area contributed by atoms with E-state index in [0.29, 0.717) is 22.5 Å². The van der Waals surface area contributed by atoms with Crippen molar-refractivity contribution in [2.75, 3.05) is 10.2 Å². The third kappa shape index (κ3) is 4.93. The van der Waals surface area contributed by atoms with Gasteiger partial charge in [0.2, 0.25) is 5.91 Å². The van der Waals surface area contributed by atoms with Gasteiger partial charge in [0, 0.05) is 23.9 Å². The van der Waals surface area contributed by atoms with Gasteiger partial charge in [0.05, 0.1) is 11.6 Å². The zero-order valence-electron chi connectivity index (χ0n) is 22.4. The fraction of sp³-hybridized carbons (Fsp3) is 0.182. The van der Waals surface area contributed by atoms with Crippen LogP contribution in [0.5, 0.6) is 0 Å². The molecule has 4 aromatic rings. The summed E-state index contributed by atoms with van der Waals surface area (Å²) in [5.74, 6) is -2.00. The van der Waals surface area contributed by atoms with Crippen LogP contribution in [-0.4, -0.2) is 22.7 Å². The van der Waals surface area contributed by atoms with Gasteiger partial charge in [-0.2, -0.15) is 0 Å². The van der Waals surface area contributed by atoms with Gasteiger partial charge in [-0.15, -0.1) is 0 Å². The predicted molar refractivity (Wildman–Crippen MR) is 155 cm³/mol. The van der Waals surface area contributed by atoms with Crippen molar-refractivity contribution in [1.29, 1.82) is 0 Å². The van der Waals surface area contributed by atoms with Crippen LogP contribution in [-0.2, 0) is 19.8 Å². The standard InChI is InChI=1S/C33H30N2O4/c1-20(36)34-26-10-7-11-27(19-26)35-29(22-14-16-25(17-15-22)33(2,3)4)28(31(38)32(35)39)30(37)24-13-12-21-8-5-6-9-23(21)18-24/h5-19,29,37H,1-4H3,(H,34,36)/b30-28-. The number of fused-ring (bicyclic) bond motifs is 1. The highest BCUT2D eigenvalue weighted by atomic mass is 16.3. The Labute approximate surface area is 227 Å². The first-order chi connectivity index (χ1) is 18.5. The molecule has 1 heterocycles. The van der Waals surface area contributed by atoms with Crippen LogP contribution in [0, 0.1) is 0 Å². The second-order valence-corrected chi connectivity index (χ2v) is 10.8. The van der Waals surface area contributed by atoms with Gasteiger partial charge in [0.1, 0.15) is 5.76 Å². The summed E-state index contributed by atoms with van der Waals surface area (Å²) in [5.41, 5.74) is 3.11. The number of hydrogen-bond acceptors (Lipinski definition) is 4. The number of anilines is 2. The zero-order chi connectivity index (χ0) is 27.9. The average Bonchev–Trinajstić information content (AvgIpc) is 3.17. The van der Waals surface area contributed by atoms with Gasteiger partial charge in [-0.1, -0.05) is 87.5 Å². The molecular formula is C33H30N2O4. The highest BCUT2D eigenvalue weighted by Crippen LogP contribution is 2.43. The number of nitrogens with one attached hydrogen (secondary N) is 1. The van der Waals surface area contributed by atoms with Gasteiger partial charge in [0.15, 0.2) is 0 Å². The Kier molecular flexibility index (Phi) is 6.56. The Morgan fingerprint density at radius 1 is 0.846 bits per heavy atom. The number of aliphatic hydroxyl groups excluding tert-OH is 1. The maximum Gasteiger partial charge on any atom is 0.300 e. The van der Waals surface area contributed by atoms with E-state index in [2.05, 4.69) is 26.1 Å². The maximum absolute atomic E-state index is 13.6. The number of amides is 2. The third-order valence-electron chi connectivity index (χ3n) is 7.00. The molecule has 2 N–H and O–H groups in total. The largest absolute Gasteiger partial charge is 0.507 e. The molecule has 0 aromatic heterocycles. The van der Waals surface area contributed by atoms with Crippen molar-refractivity contribution < 1.29 is 19.5 Å². The minimum Gasteiger partial charge on any atom is -0.507 e. The SMILES string of the molecule is CC(=O)Nc1cccc(N2C(=O)C(=O)/C(=C(\O)c3ccc4ccccc4c3)C2c2ccc(C(C)(C)C)cc2)c1. The van der Waals surface area contributed by atoms with Gasteiger partial charge in [0.25, 0.3) is 11.7 Å². The highest BCUT2D eigenvalue weighted by molar-refractivity contribution is 6.51. The normalized spacial score (nSPS) is 17.0. The lowest BCUT2D eigenvalue weighted by Gasteiger charge is -2.27. The number of Topliss-reactive ketones (excluding diaryl/α,β-unsaturated/α-hetero) is 1. The molecule has 0 spiro atoms. The van der Waals surface area contributed by atoms with Gasteiger partial charge in [-0.3, -0.25) is 19.3 Å². The molecule has 6 nitrogen and oxygen atoms in total. The summed E-state index contributed by atoms with van der Waals surface area (Å²) in [4.78, 5) is 40.2. The average molecular weight is 519 g/mol. The summed E-state index contributed by atoms with van der Waals surface area (Å²) in [6, 6.07) is 26.9. The summed E-state index contributed by atoms with van der Waals surface area (Å²) in [6.07, 6.45) is 0. The topological polar surface area (TPSA) is 86.7 Å². The predicted octanol–water partition coefficient (Wildman–Crippen LogP) is 6.72. The Morgan fingerprint density at radius 3 is 2.21 bits per heavy atom. The van der Waals surface area contributed by atoms with Crippen LogP contribution in [0.4, 0.5) is 11.4 Å². The van der Waals surface area contributed by atoms with E-state index in [1.165, 1.54) is 11.8 Å². The number of nitrogens with zero attached hydrogens (tertiary/aromatic N) is 1. The number of ketones is 1. The van der Waals surface area contributed by atoms with Crippen LogP contribution in [0.3, 0.4) is 0 Å². The fourth-order valence-electron chi connectivity index (χ4n) is 5.01. The number of aliphatic hydroxyl groups is 1. The summed E-state index contributed by atoms with van der Waals surface area (Å²) in [6.45, 7) is 7.74. The highest BCUT2D eigenvalue weighted by Gasteiger charge is 2.47.